The zero-order chi connectivity index (χ0) is 15.3. The van der Waals surface area contributed by atoms with E-state index < -0.39 is 17.8 Å². The first-order valence-corrected chi connectivity index (χ1v) is 8.38. The highest BCUT2D eigenvalue weighted by atomic mass is 16.4. The molecule has 4 saturated carbocycles. The van der Waals surface area contributed by atoms with Crippen LogP contribution in [0.1, 0.15) is 46.0 Å². The number of carboxylic acid groups (broad SMARTS) is 1. The van der Waals surface area contributed by atoms with Crippen LogP contribution in [0, 0.1) is 35.5 Å². The van der Waals surface area contributed by atoms with Gasteiger partial charge in [0, 0.05) is 19.0 Å². The molecule has 0 aliphatic heterocycles. The minimum Gasteiger partial charge on any atom is -0.481 e. The van der Waals surface area contributed by atoms with E-state index in [9.17, 15) is 9.59 Å². The second kappa shape index (κ2) is 5.29. The van der Waals surface area contributed by atoms with Crippen molar-refractivity contribution in [2.24, 2.45) is 35.5 Å². The third-order valence-corrected chi connectivity index (χ3v) is 6.50. The molecule has 0 heterocycles. The SMILES string of the molecule is CC(C(=O)O)C(C)C(=O)N(C)C1C2CC3CC(C2)CC1C3. The van der Waals surface area contributed by atoms with E-state index in [0.29, 0.717) is 17.9 Å². The Morgan fingerprint density at radius 3 is 1.86 bits per heavy atom. The van der Waals surface area contributed by atoms with Gasteiger partial charge < -0.3 is 10.0 Å². The lowest BCUT2D eigenvalue weighted by Crippen LogP contribution is -2.57. The Kier molecular flexibility index (Phi) is 3.74. The van der Waals surface area contributed by atoms with Crippen molar-refractivity contribution < 1.29 is 14.7 Å². The van der Waals surface area contributed by atoms with E-state index in [1.807, 2.05) is 11.9 Å². The third-order valence-electron chi connectivity index (χ3n) is 6.50. The van der Waals surface area contributed by atoms with Gasteiger partial charge in [0.2, 0.25) is 5.91 Å². The van der Waals surface area contributed by atoms with Crippen molar-refractivity contribution in [1.82, 2.24) is 4.90 Å². The number of hydrogen-bond donors (Lipinski definition) is 1. The van der Waals surface area contributed by atoms with Gasteiger partial charge in [-0.05, 0) is 55.8 Å². The molecule has 4 heteroatoms. The number of carbonyl (C=O) groups excluding carboxylic acids is 1. The fourth-order valence-electron chi connectivity index (χ4n) is 5.42. The maximum Gasteiger partial charge on any atom is 0.307 e. The van der Waals surface area contributed by atoms with Crippen LogP contribution in [-0.4, -0.2) is 35.0 Å². The molecule has 0 saturated heterocycles. The summed E-state index contributed by atoms with van der Waals surface area (Å²) in [5.74, 6) is 1.17. The van der Waals surface area contributed by atoms with Crippen LogP contribution < -0.4 is 0 Å². The van der Waals surface area contributed by atoms with E-state index in [1.54, 1.807) is 13.8 Å². The molecular formula is C17H27NO3. The van der Waals surface area contributed by atoms with Gasteiger partial charge in [-0.25, -0.2) is 0 Å². The van der Waals surface area contributed by atoms with Gasteiger partial charge in [-0.1, -0.05) is 13.8 Å². The number of nitrogens with zero attached hydrogens (tertiary/aromatic N) is 1. The van der Waals surface area contributed by atoms with Crippen LogP contribution >= 0.6 is 0 Å². The largest absolute Gasteiger partial charge is 0.481 e. The van der Waals surface area contributed by atoms with Gasteiger partial charge in [0.15, 0.2) is 0 Å². The predicted molar refractivity (Wildman–Crippen MR) is 79.6 cm³/mol. The maximum absolute atomic E-state index is 12.7. The summed E-state index contributed by atoms with van der Waals surface area (Å²) in [4.78, 5) is 25.7. The maximum atomic E-state index is 12.7. The molecule has 118 valence electrons. The zero-order valence-corrected chi connectivity index (χ0v) is 13.3. The highest BCUT2D eigenvalue weighted by Crippen LogP contribution is 2.55. The predicted octanol–water partition coefficient (Wildman–Crippen LogP) is 2.63. The van der Waals surface area contributed by atoms with E-state index >= 15 is 0 Å². The van der Waals surface area contributed by atoms with Crippen molar-refractivity contribution in [3.63, 3.8) is 0 Å². The lowest BCUT2D eigenvalue weighted by molar-refractivity contribution is -0.153. The van der Waals surface area contributed by atoms with Crippen LogP contribution in [0.2, 0.25) is 0 Å². The topological polar surface area (TPSA) is 57.6 Å². The molecule has 4 aliphatic rings. The van der Waals surface area contributed by atoms with Crippen LogP contribution in [0.25, 0.3) is 0 Å². The quantitative estimate of drug-likeness (QED) is 0.867. The molecule has 0 aromatic carbocycles. The van der Waals surface area contributed by atoms with Gasteiger partial charge in [0.1, 0.15) is 0 Å². The summed E-state index contributed by atoms with van der Waals surface area (Å²) in [5.41, 5.74) is 0. The summed E-state index contributed by atoms with van der Waals surface area (Å²) in [7, 11) is 1.90. The van der Waals surface area contributed by atoms with Gasteiger partial charge in [-0.15, -0.1) is 0 Å². The van der Waals surface area contributed by atoms with Gasteiger partial charge in [0.05, 0.1) is 5.92 Å². The highest BCUT2D eigenvalue weighted by Gasteiger charge is 2.50. The molecule has 4 rings (SSSR count). The number of carbonyl (C=O) groups is 2. The Morgan fingerprint density at radius 1 is 0.952 bits per heavy atom. The molecule has 4 bridgehead atoms. The minimum atomic E-state index is -0.880. The number of aliphatic carboxylic acids is 1. The summed E-state index contributed by atoms with van der Waals surface area (Å²) in [5, 5.41) is 9.12. The molecule has 21 heavy (non-hydrogen) atoms. The molecule has 0 spiro atoms. The minimum absolute atomic E-state index is 0.0161. The van der Waals surface area contributed by atoms with Gasteiger partial charge >= 0.3 is 5.97 Å². The van der Waals surface area contributed by atoms with E-state index in [0.717, 1.165) is 11.8 Å². The fraction of sp³-hybridized carbons (Fsp3) is 0.882. The van der Waals surface area contributed by atoms with E-state index in [-0.39, 0.29) is 5.91 Å². The van der Waals surface area contributed by atoms with Crippen LogP contribution in [0.5, 0.6) is 0 Å². The second-order valence-corrected chi connectivity index (χ2v) is 7.79. The zero-order valence-electron chi connectivity index (χ0n) is 13.3. The number of carboxylic acids is 1. The Balaban J connectivity index is 1.71. The fourth-order valence-corrected chi connectivity index (χ4v) is 5.42. The Labute approximate surface area is 126 Å². The number of rotatable bonds is 4. The van der Waals surface area contributed by atoms with E-state index in [2.05, 4.69) is 0 Å². The van der Waals surface area contributed by atoms with Gasteiger partial charge in [-0.2, -0.15) is 0 Å². The molecule has 4 fully saturated rings. The first kappa shape index (κ1) is 14.9. The standard InChI is InChI=1S/C17H27NO3/c1-9(10(2)17(20)21)16(19)18(3)15-13-5-11-4-12(7-13)8-14(15)6-11/h9-15H,4-8H2,1-3H3,(H,20,21). The molecule has 0 radical (unpaired) electrons. The normalized spacial score (nSPS) is 39.9. The molecule has 2 unspecified atom stereocenters. The molecule has 1 N–H and O–H groups in total. The number of amides is 1. The summed E-state index contributed by atoms with van der Waals surface area (Å²) in [6.07, 6.45) is 6.51. The Hall–Kier alpha value is -1.06. The second-order valence-electron chi connectivity index (χ2n) is 7.79. The van der Waals surface area contributed by atoms with Crippen molar-refractivity contribution in [3.8, 4) is 0 Å². The highest BCUT2D eigenvalue weighted by molar-refractivity contribution is 5.84. The Bertz CT molecular complexity index is 419. The van der Waals surface area contributed by atoms with Crippen molar-refractivity contribution in [3.05, 3.63) is 0 Å². The molecule has 0 aromatic heterocycles. The van der Waals surface area contributed by atoms with Gasteiger partial charge in [0.25, 0.3) is 0 Å². The lowest BCUT2D eigenvalue weighted by atomic mass is 9.54. The first-order valence-electron chi connectivity index (χ1n) is 8.38. The average Bonchev–Trinajstić information content (AvgIpc) is 2.43. The van der Waals surface area contributed by atoms with Crippen molar-refractivity contribution in [2.75, 3.05) is 7.05 Å². The monoisotopic (exact) mass is 293 g/mol. The van der Waals surface area contributed by atoms with Crippen LogP contribution in [-0.2, 0) is 9.59 Å². The van der Waals surface area contributed by atoms with Crippen LogP contribution in [0.3, 0.4) is 0 Å². The van der Waals surface area contributed by atoms with Crippen molar-refractivity contribution >= 4 is 11.9 Å². The summed E-state index contributed by atoms with van der Waals surface area (Å²) in [6, 6.07) is 0.355. The molecule has 4 aliphatic carbocycles. The van der Waals surface area contributed by atoms with Crippen LogP contribution in [0.15, 0.2) is 0 Å². The summed E-state index contributed by atoms with van der Waals surface area (Å²) < 4.78 is 0. The van der Waals surface area contributed by atoms with E-state index in [4.69, 9.17) is 5.11 Å². The number of hydrogen-bond acceptors (Lipinski definition) is 2. The molecular weight excluding hydrogens is 266 g/mol. The molecule has 4 nitrogen and oxygen atoms in total. The Morgan fingerprint density at radius 2 is 1.43 bits per heavy atom. The third kappa shape index (κ3) is 2.47. The average molecular weight is 293 g/mol. The summed E-state index contributed by atoms with van der Waals surface area (Å²) >= 11 is 0. The summed E-state index contributed by atoms with van der Waals surface area (Å²) in [6.45, 7) is 3.39. The van der Waals surface area contributed by atoms with E-state index in [1.165, 1.54) is 32.1 Å². The molecule has 1 amide bonds. The van der Waals surface area contributed by atoms with Crippen molar-refractivity contribution in [1.29, 1.82) is 0 Å². The lowest BCUT2D eigenvalue weighted by Gasteiger charge is -2.56. The first-order chi connectivity index (χ1) is 9.88. The van der Waals surface area contributed by atoms with Crippen molar-refractivity contribution in [2.45, 2.75) is 52.0 Å². The van der Waals surface area contributed by atoms with Crippen LogP contribution in [0.4, 0.5) is 0 Å². The smallest absolute Gasteiger partial charge is 0.307 e. The molecule has 0 aromatic rings. The molecule has 2 atom stereocenters. The van der Waals surface area contributed by atoms with Gasteiger partial charge in [-0.3, -0.25) is 9.59 Å².